The topological polar surface area (TPSA) is 74.6 Å². The third-order valence-electron chi connectivity index (χ3n) is 3.50. The highest BCUT2D eigenvalue weighted by atomic mass is 32.3. The average molecular weight is 328 g/mol. The second-order valence-electron chi connectivity index (χ2n) is 4.86. The predicted molar refractivity (Wildman–Crippen MR) is 78.8 cm³/mol. The zero-order valence-corrected chi connectivity index (χ0v) is 12.4. The number of fused-ring (bicyclic) bond motifs is 1. The molecular formula is C14H13FO4S2. The molecule has 4 nitrogen and oxygen atoms in total. The fourth-order valence-corrected chi connectivity index (χ4v) is 6.91. The van der Waals surface area contributed by atoms with Crippen LogP contribution >= 0.6 is 10.6 Å². The Hall–Kier alpha value is -1.41. The van der Waals surface area contributed by atoms with Crippen molar-refractivity contribution in [1.82, 2.24) is 0 Å². The fraction of sp³-hybridized carbons (Fsp3) is 0.143. The van der Waals surface area contributed by atoms with Gasteiger partial charge in [-0.2, -0.15) is 10.6 Å². The smallest absolute Gasteiger partial charge is 0.187 e. The third kappa shape index (κ3) is 2.36. The molecule has 0 fully saturated rings. The van der Waals surface area contributed by atoms with Gasteiger partial charge in [0.2, 0.25) is 0 Å². The first-order valence-corrected chi connectivity index (χ1v) is 9.43. The van der Waals surface area contributed by atoms with Crippen LogP contribution in [-0.2, 0) is 9.84 Å². The van der Waals surface area contributed by atoms with Gasteiger partial charge >= 0.3 is 0 Å². The summed E-state index contributed by atoms with van der Waals surface area (Å²) in [6.07, 6.45) is 0. The first-order valence-electron chi connectivity index (χ1n) is 6.17. The molecule has 1 aliphatic rings. The van der Waals surface area contributed by atoms with Gasteiger partial charge in [-0.15, -0.1) is 0 Å². The van der Waals surface area contributed by atoms with E-state index >= 15 is 0 Å². The lowest BCUT2D eigenvalue weighted by Crippen LogP contribution is -2.15. The molecule has 3 rings (SSSR count). The largest absolute Gasteiger partial charge is 0.295 e. The molecule has 2 aromatic rings. The number of hydrogen-bond donors (Lipinski definition) is 2. The lowest BCUT2D eigenvalue weighted by atomic mass is 10.2. The van der Waals surface area contributed by atoms with Crippen molar-refractivity contribution < 1.29 is 21.9 Å². The minimum atomic E-state index is -3.76. The normalized spacial score (nSPS) is 21.8. The van der Waals surface area contributed by atoms with Crippen LogP contribution in [0.3, 0.4) is 0 Å². The molecule has 0 saturated carbocycles. The Morgan fingerprint density at radius 1 is 1.10 bits per heavy atom. The Morgan fingerprint density at radius 2 is 1.76 bits per heavy atom. The van der Waals surface area contributed by atoms with Gasteiger partial charge in [-0.25, -0.2) is 12.8 Å². The summed E-state index contributed by atoms with van der Waals surface area (Å²) in [5.41, 5.74) is 0.264. The van der Waals surface area contributed by atoms with Gasteiger partial charge in [0.1, 0.15) is 11.1 Å². The molecule has 21 heavy (non-hydrogen) atoms. The van der Waals surface area contributed by atoms with E-state index < -0.39 is 31.5 Å². The number of halogens is 1. The maximum absolute atomic E-state index is 13.3. The number of rotatable bonds is 2. The molecule has 1 atom stereocenters. The van der Waals surface area contributed by atoms with Crippen molar-refractivity contribution in [3.8, 4) is 0 Å². The van der Waals surface area contributed by atoms with Gasteiger partial charge in [-0.3, -0.25) is 9.11 Å². The lowest BCUT2D eigenvalue weighted by Gasteiger charge is -2.27. The Balaban J connectivity index is 2.15. The van der Waals surface area contributed by atoms with Crippen molar-refractivity contribution in [3.63, 3.8) is 0 Å². The second kappa shape index (κ2) is 4.81. The van der Waals surface area contributed by atoms with Crippen LogP contribution in [0.1, 0.15) is 10.8 Å². The Bertz CT molecular complexity index is 788. The molecule has 7 heteroatoms. The summed E-state index contributed by atoms with van der Waals surface area (Å²) >= 11 is 0. The maximum atomic E-state index is 13.3. The molecule has 0 radical (unpaired) electrons. The summed E-state index contributed by atoms with van der Waals surface area (Å²) in [6.45, 7) is 0. The van der Waals surface area contributed by atoms with Gasteiger partial charge in [-0.1, -0.05) is 24.3 Å². The number of hydrogen-bond acceptors (Lipinski definition) is 4. The van der Waals surface area contributed by atoms with Crippen molar-refractivity contribution in [2.24, 2.45) is 0 Å². The van der Waals surface area contributed by atoms with E-state index in [2.05, 4.69) is 0 Å². The van der Waals surface area contributed by atoms with Crippen LogP contribution in [0.4, 0.5) is 4.39 Å². The van der Waals surface area contributed by atoms with E-state index in [1.165, 1.54) is 18.2 Å². The molecule has 112 valence electrons. The summed E-state index contributed by atoms with van der Waals surface area (Å²) in [5.74, 6) is -0.949. The SMILES string of the molecule is O=S(=O)(c1ccccc1)C1CS(O)(O)c2cc(F)ccc21. The van der Waals surface area contributed by atoms with Crippen molar-refractivity contribution >= 4 is 20.4 Å². The van der Waals surface area contributed by atoms with Crippen molar-refractivity contribution in [1.29, 1.82) is 0 Å². The van der Waals surface area contributed by atoms with Gasteiger partial charge in [0, 0.05) is 0 Å². The van der Waals surface area contributed by atoms with E-state index in [9.17, 15) is 21.9 Å². The van der Waals surface area contributed by atoms with E-state index in [-0.39, 0.29) is 21.1 Å². The molecule has 0 aromatic heterocycles. The number of benzene rings is 2. The Kier molecular flexibility index (Phi) is 3.32. The van der Waals surface area contributed by atoms with Crippen LogP contribution in [0.2, 0.25) is 0 Å². The van der Waals surface area contributed by atoms with Gasteiger partial charge in [0.05, 0.1) is 15.5 Å². The van der Waals surface area contributed by atoms with Crippen molar-refractivity contribution in [3.05, 3.63) is 59.9 Å². The van der Waals surface area contributed by atoms with Crippen LogP contribution in [0.15, 0.2) is 58.3 Å². The quantitative estimate of drug-likeness (QED) is 0.885. The minimum absolute atomic E-state index is 0.00740. The van der Waals surface area contributed by atoms with Gasteiger partial charge in [0.15, 0.2) is 9.84 Å². The fourth-order valence-electron chi connectivity index (χ4n) is 2.48. The minimum Gasteiger partial charge on any atom is -0.295 e. The predicted octanol–water partition coefficient (Wildman–Crippen LogP) is 3.46. The molecule has 0 saturated heterocycles. The summed E-state index contributed by atoms with van der Waals surface area (Å²) in [7, 11) is -7.05. The molecule has 0 spiro atoms. The maximum Gasteiger partial charge on any atom is 0.187 e. The van der Waals surface area contributed by atoms with Crippen LogP contribution in [-0.4, -0.2) is 23.3 Å². The van der Waals surface area contributed by atoms with E-state index in [1.807, 2.05) is 0 Å². The summed E-state index contributed by atoms with van der Waals surface area (Å²) in [6, 6.07) is 11.3. The Morgan fingerprint density at radius 3 is 2.43 bits per heavy atom. The van der Waals surface area contributed by atoms with Crippen LogP contribution < -0.4 is 0 Å². The lowest BCUT2D eigenvalue weighted by molar-refractivity contribution is 0.490. The summed E-state index contributed by atoms with van der Waals surface area (Å²) < 4.78 is 58.7. The van der Waals surface area contributed by atoms with E-state index in [4.69, 9.17) is 0 Å². The van der Waals surface area contributed by atoms with E-state index in [0.29, 0.717) is 0 Å². The number of sulfone groups is 1. The van der Waals surface area contributed by atoms with Gasteiger partial charge in [0.25, 0.3) is 0 Å². The second-order valence-corrected chi connectivity index (χ2v) is 9.10. The highest BCUT2D eigenvalue weighted by molar-refractivity contribution is 8.25. The monoisotopic (exact) mass is 328 g/mol. The van der Waals surface area contributed by atoms with E-state index in [1.54, 1.807) is 18.2 Å². The van der Waals surface area contributed by atoms with Crippen LogP contribution in [0, 0.1) is 5.82 Å². The zero-order chi connectivity index (χ0) is 15.3. The molecular weight excluding hydrogens is 315 g/mol. The van der Waals surface area contributed by atoms with Gasteiger partial charge < -0.3 is 0 Å². The van der Waals surface area contributed by atoms with Crippen molar-refractivity contribution in [2.45, 2.75) is 15.0 Å². The highest BCUT2D eigenvalue weighted by Gasteiger charge is 2.43. The van der Waals surface area contributed by atoms with Crippen LogP contribution in [0.25, 0.3) is 0 Å². The Labute approximate surface area is 123 Å². The zero-order valence-electron chi connectivity index (χ0n) is 10.8. The molecule has 0 bridgehead atoms. The standard InChI is InChI=1S/C14H13FO4S2/c15-10-6-7-12-13(8-10)20(16,17)9-14(12)21(18,19)11-4-2-1-3-5-11/h1-8,14,16-17H,9H2. The first-order chi connectivity index (χ1) is 9.82. The van der Waals surface area contributed by atoms with E-state index in [0.717, 1.165) is 12.1 Å². The molecule has 0 amide bonds. The molecule has 2 N–H and O–H groups in total. The van der Waals surface area contributed by atoms with Crippen molar-refractivity contribution in [2.75, 3.05) is 5.75 Å². The third-order valence-corrected chi connectivity index (χ3v) is 7.67. The molecule has 1 aliphatic heterocycles. The average Bonchev–Trinajstić information content (AvgIpc) is 2.72. The molecule has 1 heterocycles. The van der Waals surface area contributed by atoms with Crippen LogP contribution in [0.5, 0.6) is 0 Å². The first kappa shape index (κ1) is 14.5. The summed E-state index contributed by atoms with van der Waals surface area (Å²) in [5, 5.41) is -1.07. The molecule has 0 aliphatic carbocycles. The molecule has 2 aromatic carbocycles. The van der Waals surface area contributed by atoms with Gasteiger partial charge in [-0.05, 0) is 29.8 Å². The highest BCUT2D eigenvalue weighted by Crippen LogP contribution is 2.61. The molecule has 1 unspecified atom stereocenters. The summed E-state index contributed by atoms with van der Waals surface area (Å²) in [4.78, 5) is 0.106.